The van der Waals surface area contributed by atoms with Crippen molar-refractivity contribution in [2.24, 2.45) is 0 Å². The van der Waals surface area contributed by atoms with E-state index in [9.17, 15) is 0 Å². The fourth-order valence-electron chi connectivity index (χ4n) is 1.36. The molecule has 1 N–H and O–H groups in total. The molecule has 0 fully saturated rings. The molecule has 1 aliphatic carbocycles. The summed E-state index contributed by atoms with van der Waals surface area (Å²) in [6.07, 6.45) is 7.91. The smallest absolute Gasteiger partial charge is 0.134 e. The fourth-order valence-corrected chi connectivity index (χ4v) is 1.50. The fraction of sp³-hybridized carbons (Fsp3) is 0.333. The number of halogens is 1. The van der Waals surface area contributed by atoms with Crippen molar-refractivity contribution in [2.45, 2.75) is 18.9 Å². The van der Waals surface area contributed by atoms with Gasteiger partial charge in [-0.2, -0.15) is 0 Å². The molecule has 68 valence electrons. The van der Waals surface area contributed by atoms with Crippen LogP contribution in [0, 0.1) is 0 Å². The molecule has 0 aromatic carbocycles. The number of anilines is 1. The third-order valence-corrected chi connectivity index (χ3v) is 2.20. The molecule has 4 heteroatoms. The van der Waals surface area contributed by atoms with Crippen LogP contribution in [-0.2, 0) is 0 Å². The van der Waals surface area contributed by atoms with E-state index in [1.54, 1.807) is 6.07 Å². The van der Waals surface area contributed by atoms with Crippen LogP contribution in [0.5, 0.6) is 0 Å². The minimum absolute atomic E-state index is 0.464. The molecular formula is C9H10ClN3. The Bertz CT molecular complexity index is 316. The van der Waals surface area contributed by atoms with Gasteiger partial charge in [0, 0.05) is 12.1 Å². The minimum atomic E-state index is 0.464. The van der Waals surface area contributed by atoms with E-state index in [0.717, 1.165) is 18.7 Å². The first-order valence-electron chi connectivity index (χ1n) is 4.23. The van der Waals surface area contributed by atoms with Gasteiger partial charge in [0.05, 0.1) is 0 Å². The van der Waals surface area contributed by atoms with Crippen molar-refractivity contribution in [3.05, 3.63) is 29.7 Å². The van der Waals surface area contributed by atoms with Gasteiger partial charge in [0.2, 0.25) is 0 Å². The van der Waals surface area contributed by atoms with Crippen LogP contribution >= 0.6 is 11.6 Å². The molecule has 1 heterocycles. The Morgan fingerprint density at radius 1 is 1.31 bits per heavy atom. The highest BCUT2D eigenvalue weighted by Crippen LogP contribution is 2.16. The zero-order chi connectivity index (χ0) is 9.10. The average molecular weight is 196 g/mol. The zero-order valence-corrected chi connectivity index (χ0v) is 7.83. The van der Waals surface area contributed by atoms with Crippen LogP contribution < -0.4 is 5.32 Å². The largest absolute Gasteiger partial charge is 0.367 e. The van der Waals surface area contributed by atoms with Gasteiger partial charge in [-0.15, -0.1) is 0 Å². The summed E-state index contributed by atoms with van der Waals surface area (Å²) < 4.78 is 0. The second-order valence-electron chi connectivity index (χ2n) is 3.01. The molecule has 3 nitrogen and oxygen atoms in total. The molecule has 1 aromatic rings. The van der Waals surface area contributed by atoms with Crippen molar-refractivity contribution in [1.29, 1.82) is 0 Å². The Morgan fingerprint density at radius 3 is 2.77 bits per heavy atom. The lowest BCUT2D eigenvalue weighted by Crippen LogP contribution is -2.15. The van der Waals surface area contributed by atoms with E-state index >= 15 is 0 Å². The summed E-state index contributed by atoms with van der Waals surface area (Å²) in [6.45, 7) is 0. The van der Waals surface area contributed by atoms with Crippen LogP contribution in [0.3, 0.4) is 0 Å². The molecule has 1 aliphatic rings. The highest BCUT2D eigenvalue weighted by atomic mass is 35.5. The summed E-state index contributed by atoms with van der Waals surface area (Å²) in [5.74, 6) is 0.800. The molecule has 0 aliphatic heterocycles. The Hall–Kier alpha value is -1.09. The molecule has 1 aromatic heterocycles. The molecule has 0 unspecified atom stereocenters. The van der Waals surface area contributed by atoms with Crippen LogP contribution in [0.1, 0.15) is 12.8 Å². The lowest BCUT2D eigenvalue weighted by atomic mass is 10.2. The van der Waals surface area contributed by atoms with Gasteiger partial charge >= 0.3 is 0 Å². The standard InChI is InChI=1S/C9H10ClN3/c10-8-5-9(12-6-11-8)13-7-3-1-2-4-7/h1-2,5-7H,3-4H2,(H,11,12,13). The summed E-state index contributed by atoms with van der Waals surface area (Å²) >= 11 is 5.72. The molecular weight excluding hydrogens is 186 g/mol. The van der Waals surface area contributed by atoms with Crippen LogP contribution in [-0.4, -0.2) is 16.0 Å². The Labute approximate surface area is 81.9 Å². The molecule has 2 rings (SSSR count). The first-order valence-corrected chi connectivity index (χ1v) is 4.61. The van der Waals surface area contributed by atoms with Gasteiger partial charge in [0.1, 0.15) is 17.3 Å². The second kappa shape index (κ2) is 3.75. The van der Waals surface area contributed by atoms with E-state index in [1.807, 2.05) is 0 Å². The normalized spacial score (nSPS) is 16.4. The lowest BCUT2D eigenvalue weighted by Gasteiger charge is -2.11. The molecule has 0 atom stereocenters. The van der Waals surface area contributed by atoms with Crippen LogP contribution in [0.15, 0.2) is 24.5 Å². The molecule has 0 amide bonds. The van der Waals surface area contributed by atoms with E-state index in [4.69, 9.17) is 11.6 Å². The van der Waals surface area contributed by atoms with Gasteiger partial charge in [-0.25, -0.2) is 9.97 Å². The first kappa shape index (κ1) is 8.51. The van der Waals surface area contributed by atoms with Gasteiger partial charge in [-0.3, -0.25) is 0 Å². The van der Waals surface area contributed by atoms with Crippen molar-refractivity contribution < 1.29 is 0 Å². The van der Waals surface area contributed by atoms with Gasteiger partial charge in [0.25, 0.3) is 0 Å². The maximum atomic E-state index is 5.72. The highest BCUT2D eigenvalue weighted by Gasteiger charge is 2.09. The van der Waals surface area contributed by atoms with Crippen molar-refractivity contribution in [3.8, 4) is 0 Å². The maximum absolute atomic E-state index is 5.72. The Balaban J connectivity index is 2.01. The van der Waals surface area contributed by atoms with Crippen molar-refractivity contribution in [3.63, 3.8) is 0 Å². The monoisotopic (exact) mass is 195 g/mol. The number of nitrogens with one attached hydrogen (secondary N) is 1. The van der Waals surface area contributed by atoms with Crippen molar-refractivity contribution in [1.82, 2.24) is 9.97 Å². The predicted octanol–water partition coefficient (Wildman–Crippen LogP) is 2.26. The van der Waals surface area contributed by atoms with E-state index in [0.29, 0.717) is 11.2 Å². The summed E-state index contributed by atoms with van der Waals surface area (Å²) in [6, 6.07) is 2.20. The van der Waals surface area contributed by atoms with Gasteiger partial charge < -0.3 is 5.32 Å². The van der Waals surface area contributed by atoms with Crippen LogP contribution in [0.2, 0.25) is 5.15 Å². The summed E-state index contributed by atoms with van der Waals surface area (Å²) in [5.41, 5.74) is 0. The lowest BCUT2D eigenvalue weighted by molar-refractivity contribution is 0.780. The highest BCUT2D eigenvalue weighted by molar-refractivity contribution is 6.29. The zero-order valence-electron chi connectivity index (χ0n) is 7.07. The average Bonchev–Trinajstić information content (AvgIpc) is 2.57. The van der Waals surface area contributed by atoms with E-state index in [-0.39, 0.29) is 0 Å². The number of aromatic nitrogens is 2. The number of hydrogen-bond donors (Lipinski definition) is 1. The van der Waals surface area contributed by atoms with E-state index in [2.05, 4.69) is 27.4 Å². The molecule has 0 bridgehead atoms. The number of hydrogen-bond acceptors (Lipinski definition) is 3. The van der Waals surface area contributed by atoms with E-state index < -0.39 is 0 Å². The van der Waals surface area contributed by atoms with Crippen molar-refractivity contribution >= 4 is 17.4 Å². The van der Waals surface area contributed by atoms with Gasteiger partial charge in [-0.1, -0.05) is 23.8 Å². The van der Waals surface area contributed by atoms with Crippen LogP contribution in [0.25, 0.3) is 0 Å². The number of nitrogens with zero attached hydrogens (tertiary/aromatic N) is 2. The summed E-state index contributed by atoms with van der Waals surface area (Å²) in [4.78, 5) is 7.88. The van der Waals surface area contributed by atoms with Gasteiger partial charge in [-0.05, 0) is 12.8 Å². The number of rotatable bonds is 2. The molecule has 0 spiro atoms. The Kier molecular flexibility index (Phi) is 2.45. The third kappa shape index (κ3) is 2.18. The third-order valence-electron chi connectivity index (χ3n) is 1.99. The first-order chi connectivity index (χ1) is 6.34. The molecule has 0 saturated carbocycles. The SMILES string of the molecule is Clc1cc(NC2CC=CC2)ncn1. The maximum Gasteiger partial charge on any atom is 0.134 e. The van der Waals surface area contributed by atoms with E-state index in [1.165, 1.54) is 6.33 Å². The molecule has 13 heavy (non-hydrogen) atoms. The topological polar surface area (TPSA) is 37.8 Å². The van der Waals surface area contributed by atoms with Crippen LogP contribution in [0.4, 0.5) is 5.82 Å². The minimum Gasteiger partial charge on any atom is -0.367 e. The van der Waals surface area contributed by atoms with Crippen molar-refractivity contribution in [2.75, 3.05) is 5.32 Å². The molecule has 0 radical (unpaired) electrons. The summed E-state index contributed by atoms with van der Waals surface area (Å²) in [5, 5.41) is 3.76. The quantitative estimate of drug-likeness (QED) is 0.581. The Morgan fingerprint density at radius 2 is 2.08 bits per heavy atom. The second-order valence-corrected chi connectivity index (χ2v) is 3.40. The van der Waals surface area contributed by atoms with Gasteiger partial charge in [0.15, 0.2) is 0 Å². The summed E-state index contributed by atoms with van der Waals surface area (Å²) in [7, 11) is 0. The predicted molar refractivity (Wildman–Crippen MR) is 52.8 cm³/mol. The molecule has 0 saturated heterocycles.